The standard InChI is InChI=1S/C24H25ClFNO/c1-24(19-9-11-20(25)12-10-19,27-22-15-13-21(26)14-16-22)23(8-5-17-28)18-6-3-2-4-7-18/h2-4,6-7,9-16,23,27-28H,5,8,17H2,1H3. The van der Waals surface area contributed by atoms with Crippen LogP contribution in [-0.4, -0.2) is 11.7 Å². The van der Waals surface area contributed by atoms with Gasteiger partial charge in [-0.15, -0.1) is 0 Å². The first-order valence-corrected chi connectivity index (χ1v) is 9.86. The van der Waals surface area contributed by atoms with Crippen molar-refractivity contribution in [3.05, 3.63) is 101 Å². The zero-order valence-corrected chi connectivity index (χ0v) is 16.7. The third-order valence-electron chi connectivity index (χ3n) is 5.24. The Hall–Kier alpha value is -2.36. The molecule has 0 aliphatic rings. The fourth-order valence-electron chi connectivity index (χ4n) is 3.76. The number of aliphatic hydroxyl groups excluding tert-OH is 1. The SMILES string of the molecule is CC(Nc1ccc(F)cc1)(c1ccc(Cl)cc1)C(CCCO)c1ccccc1. The molecule has 0 aliphatic carbocycles. The molecule has 4 heteroatoms. The molecule has 0 aliphatic heterocycles. The van der Waals surface area contributed by atoms with E-state index >= 15 is 0 Å². The minimum absolute atomic E-state index is 0.0899. The van der Waals surface area contributed by atoms with Crippen molar-refractivity contribution in [1.29, 1.82) is 0 Å². The molecule has 2 nitrogen and oxygen atoms in total. The van der Waals surface area contributed by atoms with Gasteiger partial charge in [0.05, 0.1) is 5.54 Å². The zero-order chi connectivity index (χ0) is 20.0. The van der Waals surface area contributed by atoms with Crippen LogP contribution in [0.15, 0.2) is 78.9 Å². The van der Waals surface area contributed by atoms with E-state index in [4.69, 9.17) is 11.6 Å². The van der Waals surface area contributed by atoms with Gasteiger partial charge in [0.1, 0.15) is 5.82 Å². The summed E-state index contributed by atoms with van der Waals surface area (Å²) in [5, 5.41) is 13.8. The van der Waals surface area contributed by atoms with Crippen LogP contribution in [0.3, 0.4) is 0 Å². The Morgan fingerprint density at radius 3 is 2.21 bits per heavy atom. The third kappa shape index (κ3) is 4.73. The summed E-state index contributed by atoms with van der Waals surface area (Å²) in [6.07, 6.45) is 1.49. The summed E-state index contributed by atoms with van der Waals surface area (Å²) in [6.45, 7) is 2.28. The van der Waals surface area contributed by atoms with Crippen LogP contribution in [-0.2, 0) is 5.54 Å². The number of aliphatic hydroxyl groups is 1. The normalized spacial score (nSPS) is 14.3. The van der Waals surface area contributed by atoms with E-state index in [0.717, 1.165) is 17.7 Å². The van der Waals surface area contributed by atoms with E-state index in [1.807, 2.05) is 42.5 Å². The highest BCUT2D eigenvalue weighted by atomic mass is 35.5. The van der Waals surface area contributed by atoms with Gasteiger partial charge in [0.25, 0.3) is 0 Å². The first-order chi connectivity index (χ1) is 13.5. The number of hydrogen-bond acceptors (Lipinski definition) is 2. The molecule has 0 saturated carbocycles. The minimum Gasteiger partial charge on any atom is -0.396 e. The van der Waals surface area contributed by atoms with E-state index in [0.29, 0.717) is 11.4 Å². The molecule has 0 heterocycles. The van der Waals surface area contributed by atoms with Crippen molar-refractivity contribution in [2.45, 2.75) is 31.2 Å². The van der Waals surface area contributed by atoms with Crippen molar-refractivity contribution in [1.82, 2.24) is 0 Å². The number of halogens is 2. The van der Waals surface area contributed by atoms with Gasteiger partial charge in [0.15, 0.2) is 0 Å². The molecule has 3 aromatic carbocycles. The van der Waals surface area contributed by atoms with E-state index in [-0.39, 0.29) is 18.3 Å². The topological polar surface area (TPSA) is 32.3 Å². The quantitative estimate of drug-likeness (QED) is 0.463. The number of hydrogen-bond donors (Lipinski definition) is 2. The second-order valence-electron chi connectivity index (χ2n) is 7.17. The largest absolute Gasteiger partial charge is 0.396 e. The van der Waals surface area contributed by atoms with Gasteiger partial charge in [-0.2, -0.15) is 0 Å². The maximum atomic E-state index is 13.4. The molecule has 2 atom stereocenters. The highest BCUT2D eigenvalue weighted by Crippen LogP contribution is 2.42. The Morgan fingerprint density at radius 1 is 0.964 bits per heavy atom. The van der Waals surface area contributed by atoms with Crippen LogP contribution < -0.4 is 5.32 Å². The summed E-state index contributed by atoms with van der Waals surface area (Å²) in [4.78, 5) is 0. The molecule has 0 radical (unpaired) electrons. The van der Waals surface area contributed by atoms with E-state index in [1.54, 1.807) is 12.1 Å². The lowest BCUT2D eigenvalue weighted by atomic mass is 9.73. The molecular formula is C24H25ClFNO. The van der Waals surface area contributed by atoms with E-state index in [1.165, 1.54) is 17.7 Å². The van der Waals surface area contributed by atoms with Crippen LogP contribution in [0.5, 0.6) is 0 Å². The zero-order valence-electron chi connectivity index (χ0n) is 15.9. The predicted molar refractivity (Wildman–Crippen MR) is 114 cm³/mol. The van der Waals surface area contributed by atoms with Crippen molar-refractivity contribution in [3.63, 3.8) is 0 Å². The van der Waals surface area contributed by atoms with Gasteiger partial charge in [-0.25, -0.2) is 4.39 Å². The number of anilines is 1. The Bertz CT molecular complexity index is 867. The van der Waals surface area contributed by atoms with Crippen LogP contribution >= 0.6 is 11.6 Å². The molecule has 3 rings (SSSR count). The Balaban J connectivity index is 2.08. The molecule has 0 bridgehead atoms. The fourth-order valence-corrected chi connectivity index (χ4v) is 3.89. The molecule has 0 spiro atoms. The van der Waals surface area contributed by atoms with Crippen LogP contribution in [0.1, 0.15) is 36.8 Å². The lowest BCUT2D eigenvalue weighted by molar-refractivity contribution is 0.268. The molecule has 0 aromatic heterocycles. The maximum absolute atomic E-state index is 13.4. The molecule has 0 fully saturated rings. The summed E-state index contributed by atoms with van der Waals surface area (Å²) < 4.78 is 13.4. The Morgan fingerprint density at radius 2 is 1.61 bits per heavy atom. The highest BCUT2D eigenvalue weighted by Gasteiger charge is 2.36. The molecule has 2 unspecified atom stereocenters. The van der Waals surface area contributed by atoms with Gasteiger partial charge in [-0.1, -0.05) is 54.1 Å². The van der Waals surface area contributed by atoms with Crippen molar-refractivity contribution < 1.29 is 9.50 Å². The average Bonchev–Trinajstić information content (AvgIpc) is 2.71. The molecule has 146 valence electrons. The van der Waals surface area contributed by atoms with E-state index < -0.39 is 5.54 Å². The molecule has 28 heavy (non-hydrogen) atoms. The monoisotopic (exact) mass is 397 g/mol. The predicted octanol–water partition coefficient (Wildman–Crippen LogP) is 6.36. The van der Waals surface area contributed by atoms with Crippen LogP contribution in [0.4, 0.5) is 10.1 Å². The Labute approximate surface area is 171 Å². The summed E-state index contributed by atoms with van der Waals surface area (Å²) in [5.41, 5.74) is 2.61. The molecule has 0 saturated heterocycles. The van der Waals surface area contributed by atoms with Gasteiger partial charge in [0.2, 0.25) is 0 Å². The van der Waals surface area contributed by atoms with Crippen molar-refractivity contribution in [2.24, 2.45) is 0 Å². The van der Waals surface area contributed by atoms with Gasteiger partial charge in [-0.3, -0.25) is 0 Å². The lowest BCUT2D eigenvalue weighted by Crippen LogP contribution is -2.39. The maximum Gasteiger partial charge on any atom is 0.123 e. The smallest absolute Gasteiger partial charge is 0.123 e. The van der Waals surface area contributed by atoms with Crippen molar-refractivity contribution in [2.75, 3.05) is 11.9 Å². The summed E-state index contributed by atoms with van der Waals surface area (Å²) in [7, 11) is 0. The van der Waals surface area contributed by atoms with Crippen molar-refractivity contribution >= 4 is 17.3 Å². The first kappa shape index (κ1) is 20.4. The lowest BCUT2D eigenvalue weighted by Gasteiger charge is -2.41. The van der Waals surface area contributed by atoms with Crippen LogP contribution in [0, 0.1) is 5.82 Å². The fraction of sp³-hybridized carbons (Fsp3) is 0.250. The van der Waals surface area contributed by atoms with Crippen molar-refractivity contribution in [3.8, 4) is 0 Å². The van der Waals surface area contributed by atoms with E-state index in [2.05, 4.69) is 24.4 Å². The highest BCUT2D eigenvalue weighted by molar-refractivity contribution is 6.30. The first-order valence-electron chi connectivity index (χ1n) is 9.48. The summed E-state index contributed by atoms with van der Waals surface area (Å²) in [6, 6.07) is 24.5. The summed E-state index contributed by atoms with van der Waals surface area (Å²) >= 11 is 6.12. The third-order valence-corrected chi connectivity index (χ3v) is 5.49. The molecule has 0 amide bonds. The average molecular weight is 398 g/mol. The van der Waals surface area contributed by atoms with Gasteiger partial charge in [-0.05, 0) is 67.3 Å². The van der Waals surface area contributed by atoms with Gasteiger partial charge in [0, 0.05) is 23.2 Å². The van der Waals surface area contributed by atoms with Gasteiger partial charge >= 0.3 is 0 Å². The Kier molecular flexibility index (Phi) is 6.71. The van der Waals surface area contributed by atoms with Gasteiger partial charge < -0.3 is 10.4 Å². The van der Waals surface area contributed by atoms with Crippen LogP contribution in [0.25, 0.3) is 0 Å². The van der Waals surface area contributed by atoms with Crippen LogP contribution in [0.2, 0.25) is 5.02 Å². The van der Waals surface area contributed by atoms with E-state index in [9.17, 15) is 9.50 Å². The number of rotatable bonds is 8. The number of benzene rings is 3. The molecule has 3 aromatic rings. The second-order valence-corrected chi connectivity index (χ2v) is 7.61. The molecule has 2 N–H and O–H groups in total. The number of nitrogens with one attached hydrogen (secondary N) is 1. The molecular weight excluding hydrogens is 373 g/mol. The minimum atomic E-state index is -0.487. The second kappa shape index (κ2) is 9.22. The summed E-state index contributed by atoms with van der Waals surface area (Å²) in [5.74, 6) is -0.175.